The number of nitrogens with one attached hydrogen (secondary N) is 2. The van der Waals surface area contributed by atoms with Crippen LogP contribution in [0.25, 0.3) is 11.1 Å². The summed E-state index contributed by atoms with van der Waals surface area (Å²) in [5.41, 5.74) is 5.42. The Bertz CT molecular complexity index is 1000. The van der Waals surface area contributed by atoms with E-state index in [0.29, 0.717) is 49.6 Å². The quantitative estimate of drug-likeness (QED) is 0.355. The maximum absolute atomic E-state index is 13.1. The van der Waals surface area contributed by atoms with Gasteiger partial charge in [0.05, 0.1) is 6.61 Å². The van der Waals surface area contributed by atoms with Crippen LogP contribution >= 0.6 is 0 Å². The summed E-state index contributed by atoms with van der Waals surface area (Å²) < 4.78 is 5.51. The Balaban J connectivity index is 1.86. The van der Waals surface area contributed by atoms with Crippen molar-refractivity contribution < 1.29 is 19.1 Å². The number of carbonyl (C=O) groups is 3. The predicted molar refractivity (Wildman–Crippen MR) is 131 cm³/mol. The molecular weight excluding hydrogens is 416 g/mol. The zero-order valence-electron chi connectivity index (χ0n) is 19.8. The Kier molecular flexibility index (Phi) is 8.78. The maximum atomic E-state index is 13.1. The lowest BCUT2D eigenvalue weighted by atomic mass is 9.96. The molecule has 0 aromatic heterocycles. The van der Waals surface area contributed by atoms with E-state index in [-0.39, 0.29) is 17.7 Å². The van der Waals surface area contributed by atoms with Crippen LogP contribution in [0.1, 0.15) is 73.4 Å². The van der Waals surface area contributed by atoms with Crippen molar-refractivity contribution in [1.29, 1.82) is 0 Å². The molecule has 1 aliphatic rings. The monoisotopic (exact) mass is 450 g/mol. The summed E-state index contributed by atoms with van der Waals surface area (Å²) in [4.78, 5) is 35.8. The van der Waals surface area contributed by atoms with Gasteiger partial charge in [0.15, 0.2) is 0 Å². The number of amides is 2. The minimum absolute atomic E-state index is 0.0141. The van der Waals surface area contributed by atoms with Gasteiger partial charge in [-0.3, -0.25) is 9.59 Å². The summed E-state index contributed by atoms with van der Waals surface area (Å²) in [6.45, 7) is 5.48. The van der Waals surface area contributed by atoms with Crippen molar-refractivity contribution in [3.05, 3.63) is 53.1 Å². The highest BCUT2D eigenvalue weighted by atomic mass is 16.5. The Morgan fingerprint density at radius 1 is 1.18 bits per heavy atom. The Hall–Kier alpha value is -2.99. The molecule has 0 heterocycles. The first-order valence-corrected chi connectivity index (χ1v) is 11.8. The standard InChI is InChI=1S/C27H34N2O4/c1-4-18(2)13-14-28-27(32)22-9-7-8-20-24(17-33-3)23-16-19(11-12-21(23)26(20)22)29-25(31)10-5-6-15-30/h7-9,11-12,15-16,18,24H,4-6,10,13-14,17H2,1-3H3,(H,28,32)(H,29,31)/t18-,24?/m0/s1. The van der Waals surface area contributed by atoms with Crippen LogP contribution in [-0.2, 0) is 14.3 Å². The van der Waals surface area contributed by atoms with Crippen LogP contribution in [0.5, 0.6) is 0 Å². The van der Waals surface area contributed by atoms with E-state index in [2.05, 4.69) is 24.5 Å². The second kappa shape index (κ2) is 11.8. The van der Waals surface area contributed by atoms with Crippen molar-refractivity contribution in [2.75, 3.05) is 25.6 Å². The van der Waals surface area contributed by atoms with E-state index in [0.717, 1.165) is 41.4 Å². The second-order valence-corrected chi connectivity index (χ2v) is 8.74. The Morgan fingerprint density at radius 2 is 2.00 bits per heavy atom. The molecule has 0 saturated carbocycles. The molecule has 6 nitrogen and oxygen atoms in total. The average Bonchev–Trinajstić information content (AvgIpc) is 3.12. The molecule has 176 valence electrons. The van der Waals surface area contributed by atoms with Crippen LogP contribution in [-0.4, -0.2) is 38.4 Å². The third-order valence-electron chi connectivity index (χ3n) is 6.38. The number of hydrogen-bond donors (Lipinski definition) is 2. The Labute approximate surface area is 196 Å². The van der Waals surface area contributed by atoms with Crippen LogP contribution < -0.4 is 10.6 Å². The van der Waals surface area contributed by atoms with Crippen LogP contribution in [0.15, 0.2) is 36.4 Å². The number of aldehydes is 1. The van der Waals surface area contributed by atoms with Crippen molar-refractivity contribution in [3.63, 3.8) is 0 Å². The molecule has 1 unspecified atom stereocenters. The highest BCUT2D eigenvalue weighted by Gasteiger charge is 2.32. The minimum atomic E-state index is -0.114. The second-order valence-electron chi connectivity index (χ2n) is 8.74. The van der Waals surface area contributed by atoms with Gasteiger partial charge >= 0.3 is 0 Å². The van der Waals surface area contributed by atoms with Crippen molar-refractivity contribution in [2.45, 2.75) is 51.9 Å². The minimum Gasteiger partial charge on any atom is -0.384 e. The van der Waals surface area contributed by atoms with E-state index < -0.39 is 0 Å². The summed E-state index contributed by atoms with van der Waals surface area (Å²) in [5, 5.41) is 6.01. The fourth-order valence-corrected chi connectivity index (χ4v) is 4.32. The highest BCUT2D eigenvalue weighted by molar-refractivity contribution is 6.04. The molecule has 33 heavy (non-hydrogen) atoms. The van der Waals surface area contributed by atoms with Gasteiger partial charge < -0.3 is 20.2 Å². The molecule has 2 aromatic carbocycles. The molecule has 0 aliphatic heterocycles. The molecule has 0 saturated heterocycles. The molecule has 0 bridgehead atoms. The molecule has 1 aliphatic carbocycles. The van der Waals surface area contributed by atoms with Gasteiger partial charge in [-0.15, -0.1) is 0 Å². The van der Waals surface area contributed by atoms with Gasteiger partial charge in [-0.2, -0.15) is 0 Å². The van der Waals surface area contributed by atoms with Crippen LogP contribution in [0.3, 0.4) is 0 Å². The van der Waals surface area contributed by atoms with Crippen LogP contribution in [0.2, 0.25) is 0 Å². The first kappa shape index (κ1) is 24.6. The lowest BCUT2D eigenvalue weighted by Gasteiger charge is -2.14. The van der Waals surface area contributed by atoms with E-state index in [1.165, 1.54) is 0 Å². The van der Waals surface area contributed by atoms with Gasteiger partial charge in [0.25, 0.3) is 5.91 Å². The molecular formula is C27H34N2O4. The van der Waals surface area contributed by atoms with Gasteiger partial charge in [0, 0.05) is 43.7 Å². The molecule has 0 fully saturated rings. The molecule has 0 spiro atoms. The lowest BCUT2D eigenvalue weighted by Crippen LogP contribution is -2.26. The van der Waals surface area contributed by atoms with E-state index in [4.69, 9.17) is 4.74 Å². The SMILES string of the molecule is CC[C@H](C)CCNC(=O)c1cccc2c1-c1ccc(NC(=O)CCCC=O)cc1C2COC. The third kappa shape index (κ3) is 5.88. The van der Waals surface area contributed by atoms with Crippen molar-refractivity contribution in [3.8, 4) is 11.1 Å². The summed E-state index contributed by atoms with van der Waals surface area (Å²) in [6.07, 6.45) is 4.10. The number of anilines is 1. The summed E-state index contributed by atoms with van der Waals surface area (Å²) >= 11 is 0. The van der Waals surface area contributed by atoms with Crippen molar-refractivity contribution in [1.82, 2.24) is 5.32 Å². The first-order chi connectivity index (χ1) is 16.0. The number of benzene rings is 2. The number of ether oxygens (including phenoxy) is 1. The van der Waals surface area contributed by atoms with Crippen LogP contribution in [0, 0.1) is 5.92 Å². The van der Waals surface area contributed by atoms with E-state index >= 15 is 0 Å². The zero-order valence-corrected chi connectivity index (χ0v) is 19.8. The molecule has 2 atom stereocenters. The molecule has 3 rings (SSSR count). The summed E-state index contributed by atoms with van der Waals surface area (Å²) in [5.74, 6) is 0.383. The van der Waals surface area contributed by atoms with Gasteiger partial charge in [0.1, 0.15) is 6.29 Å². The van der Waals surface area contributed by atoms with Crippen molar-refractivity contribution >= 4 is 23.8 Å². The van der Waals surface area contributed by atoms with Gasteiger partial charge in [-0.05, 0) is 59.2 Å². The van der Waals surface area contributed by atoms with E-state index in [1.807, 2.05) is 36.4 Å². The van der Waals surface area contributed by atoms with Gasteiger partial charge in [-0.1, -0.05) is 38.5 Å². The average molecular weight is 451 g/mol. The topological polar surface area (TPSA) is 84.5 Å². The smallest absolute Gasteiger partial charge is 0.251 e. The van der Waals surface area contributed by atoms with Crippen molar-refractivity contribution in [2.24, 2.45) is 5.92 Å². The normalized spacial score (nSPS) is 14.8. The van der Waals surface area contributed by atoms with Crippen LogP contribution in [0.4, 0.5) is 5.69 Å². The number of rotatable bonds is 12. The van der Waals surface area contributed by atoms with Gasteiger partial charge in [-0.25, -0.2) is 0 Å². The molecule has 2 aromatic rings. The molecule has 0 radical (unpaired) electrons. The maximum Gasteiger partial charge on any atom is 0.251 e. The van der Waals surface area contributed by atoms with Gasteiger partial charge in [0.2, 0.25) is 5.91 Å². The number of carbonyl (C=O) groups excluding carboxylic acids is 3. The molecule has 2 N–H and O–H groups in total. The predicted octanol–water partition coefficient (Wildman–Crippen LogP) is 4.92. The van der Waals surface area contributed by atoms with E-state index in [9.17, 15) is 14.4 Å². The third-order valence-corrected chi connectivity index (χ3v) is 6.38. The summed E-state index contributed by atoms with van der Waals surface area (Å²) in [7, 11) is 1.67. The number of unbranched alkanes of at least 4 members (excludes halogenated alkanes) is 1. The number of hydrogen-bond acceptors (Lipinski definition) is 4. The fraction of sp³-hybridized carbons (Fsp3) is 0.444. The highest BCUT2D eigenvalue weighted by Crippen LogP contribution is 2.47. The molecule has 2 amide bonds. The van der Waals surface area contributed by atoms with E-state index in [1.54, 1.807) is 7.11 Å². The lowest BCUT2D eigenvalue weighted by molar-refractivity contribution is -0.116. The summed E-state index contributed by atoms with van der Waals surface area (Å²) in [6, 6.07) is 11.7. The molecule has 6 heteroatoms. The zero-order chi connectivity index (χ0) is 23.8. The number of fused-ring (bicyclic) bond motifs is 3. The first-order valence-electron chi connectivity index (χ1n) is 11.8. The fourth-order valence-electron chi connectivity index (χ4n) is 4.32. The number of methoxy groups -OCH3 is 1. The Morgan fingerprint density at radius 3 is 2.73 bits per heavy atom. The largest absolute Gasteiger partial charge is 0.384 e.